The lowest BCUT2D eigenvalue weighted by atomic mass is 9.93. The highest BCUT2D eigenvalue weighted by atomic mass is 16.2. The highest BCUT2D eigenvalue weighted by Gasteiger charge is 2.21. The summed E-state index contributed by atoms with van der Waals surface area (Å²) in [6, 6.07) is 21.2. The third kappa shape index (κ3) is 3.58. The van der Waals surface area contributed by atoms with Crippen LogP contribution in [-0.4, -0.2) is 17.5 Å². The molecule has 2 N–H and O–H groups in total. The van der Waals surface area contributed by atoms with Crippen molar-refractivity contribution in [3.63, 3.8) is 0 Å². The lowest BCUT2D eigenvalue weighted by Gasteiger charge is -2.19. The summed E-state index contributed by atoms with van der Waals surface area (Å²) < 4.78 is 0. The van der Waals surface area contributed by atoms with Gasteiger partial charge in [-0.15, -0.1) is 0 Å². The fraction of sp³-hybridized carbons (Fsp3) is 0.136. The lowest BCUT2D eigenvalue weighted by Crippen LogP contribution is -2.31. The predicted molar refractivity (Wildman–Crippen MR) is 107 cm³/mol. The van der Waals surface area contributed by atoms with Crippen molar-refractivity contribution >= 4 is 34.0 Å². The lowest BCUT2D eigenvalue weighted by molar-refractivity contribution is -0.121. The van der Waals surface area contributed by atoms with Crippen molar-refractivity contribution in [2.75, 3.05) is 5.32 Å². The van der Waals surface area contributed by atoms with E-state index in [1.54, 1.807) is 12.1 Å². The van der Waals surface area contributed by atoms with Crippen molar-refractivity contribution in [2.24, 2.45) is 11.0 Å². The third-order valence-electron chi connectivity index (χ3n) is 4.71. The summed E-state index contributed by atoms with van der Waals surface area (Å²) >= 11 is 0. The van der Waals surface area contributed by atoms with Crippen LogP contribution in [0.3, 0.4) is 0 Å². The molecule has 0 aliphatic carbocycles. The van der Waals surface area contributed by atoms with E-state index in [9.17, 15) is 9.59 Å². The highest BCUT2D eigenvalue weighted by molar-refractivity contribution is 6.08. The van der Waals surface area contributed by atoms with E-state index in [4.69, 9.17) is 0 Å². The molecule has 4 rings (SSSR count). The minimum Gasteiger partial charge on any atom is -0.322 e. The zero-order chi connectivity index (χ0) is 18.8. The van der Waals surface area contributed by atoms with Crippen molar-refractivity contribution < 1.29 is 9.59 Å². The fourth-order valence-electron chi connectivity index (χ4n) is 3.26. The van der Waals surface area contributed by atoms with E-state index in [0.29, 0.717) is 12.0 Å². The second-order valence-electron chi connectivity index (χ2n) is 6.73. The number of nitrogens with zero attached hydrogens (tertiary/aromatic N) is 1. The molecule has 1 unspecified atom stereocenters. The molecule has 0 saturated carbocycles. The topological polar surface area (TPSA) is 70.6 Å². The average molecular weight is 357 g/mol. The first kappa shape index (κ1) is 17.0. The van der Waals surface area contributed by atoms with E-state index in [1.165, 1.54) is 0 Å². The number of carbonyl (C=O) groups excluding carboxylic acids is 2. The molecule has 5 heteroatoms. The van der Waals surface area contributed by atoms with Crippen molar-refractivity contribution in [3.8, 4) is 0 Å². The molecule has 0 spiro atoms. The Labute approximate surface area is 157 Å². The maximum Gasteiger partial charge on any atom is 0.255 e. The van der Waals surface area contributed by atoms with E-state index >= 15 is 0 Å². The molecule has 2 amide bonds. The van der Waals surface area contributed by atoms with Crippen molar-refractivity contribution in [1.29, 1.82) is 0 Å². The minimum absolute atomic E-state index is 0.0519. The van der Waals surface area contributed by atoms with Crippen LogP contribution in [0, 0.1) is 5.92 Å². The van der Waals surface area contributed by atoms with Crippen molar-refractivity contribution in [1.82, 2.24) is 5.43 Å². The fourth-order valence-corrected chi connectivity index (χ4v) is 3.26. The summed E-state index contributed by atoms with van der Waals surface area (Å²) in [6.45, 7) is 1.97. The largest absolute Gasteiger partial charge is 0.322 e. The van der Waals surface area contributed by atoms with E-state index in [1.807, 2.05) is 61.5 Å². The predicted octanol–water partition coefficient (Wildman–Crippen LogP) is 3.95. The Morgan fingerprint density at radius 2 is 1.78 bits per heavy atom. The summed E-state index contributed by atoms with van der Waals surface area (Å²) in [5, 5.41) is 9.30. The Hall–Kier alpha value is -3.47. The molecular weight excluding hydrogens is 338 g/mol. The molecular formula is C22H19N3O2. The van der Waals surface area contributed by atoms with E-state index < -0.39 is 0 Å². The minimum atomic E-state index is -0.163. The summed E-state index contributed by atoms with van der Waals surface area (Å²) in [5.41, 5.74) is 5.58. The van der Waals surface area contributed by atoms with E-state index in [2.05, 4.69) is 15.8 Å². The van der Waals surface area contributed by atoms with Gasteiger partial charge >= 0.3 is 0 Å². The van der Waals surface area contributed by atoms with Crippen molar-refractivity contribution in [3.05, 3.63) is 77.9 Å². The van der Waals surface area contributed by atoms with Crippen LogP contribution < -0.4 is 10.7 Å². The molecule has 134 valence electrons. The molecule has 1 aliphatic heterocycles. The van der Waals surface area contributed by atoms with Gasteiger partial charge in [-0.25, -0.2) is 5.43 Å². The van der Waals surface area contributed by atoms with Crippen LogP contribution in [0.1, 0.15) is 29.3 Å². The second-order valence-corrected chi connectivity index (χ2v) is 6.73. The summed E-state index contributed by atoms with van der Waals surface area (Å²) in [7, 11) is 0. The summed E-state index contributed by atoms with van der Waals surface area (Å²) in [4.78, 5) is 23.9. The first-order valence-corrected chi connectivity index (χ1v) is 8.87. The highest BCUT2D eigenvalue weighted by Crippen LogP contribution is 2.20. The maximum atomic E-state index is 12.5. The molecule has 3 aromatic rings. The Balaban J connectivity index is 1.51. The van der Waals surface area contributed by atoms with Gasteiger partial charge in [0.15, 0.2) is 0 Å². The molecule has 1 aliphatic rings. The maximum absolute atomic E-state index is 12.5. The van der Waals surface area contributed by atoms with Gasteiger partial charge in [-0.05, 0) is 40.6 Å². The molecule has 3 aromatic carbocycles. The van der Waals surface area contributed by atoms with Gasteiger partial charge in [0.05, 0.1) is 5.71 Å². The zero-order valence-electron chi connectivity index (χ0n) is 14.9. The van der Waals surface area contributed by atoms with Crippen LogP contribution in [0.15, 0.2) is 71.8 Å². The van der Waals surface area contributed by atoms with Gasteiger partial charge < -0.3 is 5.32 Å². The Morgan fingerprint density at radius 1 is 1.04 bits per heavy atom. The van der Waals surface area contributed by atoms with Gasteiger partial charge in [-0.3, -0.25) is 9.59 Å². The van der Waals surface area contributed by atoms with Crippen molar-refractivity contribution in [2.45, 2.75) is 13.3 Å². The van der Waals surface area contributed by atoms with E-state index in [-0.39, 0.29) is 17.7 Å². The summed E-state index contributed by atoms with van der Waals surface area (Å²) in [6.07, 6.45) is 0.420. The van der Waals surface area contributed by atoms with Crippen LogP contribution in [0.5, 0.6) is 0 Å². The van der Waals surface area contributed by atoms with Gasteiger partial charge in [0.1, 0.15) is 0 Å². The van der Waals surface area contributed by atoms with Crippen LogP contribution in [0.2, 0.25) is 0 Å². The Morgan fingerprint density at radius 3 is 2.52 bits per heavy atom. The first-order valence-electron chi connectivity index (χ1n) is 8.87. The molecule has 0 saturated heterocycles. The molecule has 0 fully saturated rings. The van der Waals surface area contributed by atoms with E-state index in [0.717, 1.165) is 27.7 Å². The SMILES string of the molecule is CC1CC(=O)NN=C1c1ccc(C(=O)Nc2ccc3ccccc3c2)cc1. The van der Waals surface area contributed by atoms with Gasteiger partial charge in [0.2, 0.25) is 5.91 Å². The number of rotatable bonds is 3. The molecule has 0 bridgehead atoms. The molecule has 1 heterocycles. The number of amides is 2. The molecule has 0 radical (unpaired) electrons. The number of hydrogen-bond acceptors (Lipinski definition) is 3. The van der Waals surface area contributed by atoms with Gasteiger partial charge in [0, 0.05) is 23.6 Å². The molecule has 27 heavy (non-hydrogen) atoms. The standard InChI is InChI=1S/C22H19N3O2/c1-14-12-20(26)24-25-21(14)16-6-8-17(9-7-16)22(27)23-19-11-10-15-4-2-3-5-18(15)13-19/h2-11,13-14H,12H2,1H3,(H,23,27)(H,24,26). The smallest absolute Gasteiger partial charge is 0.255 e. The number of nitrogens with one attached hydrogen (secondary N) is 2. The number of benzene rings is 3. The van der Waals surface area contributed by atoms with Gasteiger partial charge in [-0.2, -0.15) is 5.10 Å². The number of anilines is 1. The van der Waals surface area contributed by atoms with Gasteiger partial charge in [-0.1, -0.05) is 49.4 Å². The van der Waals surface area contributed by atoms with Gasteiger partial charge in [0.25, 0.3) is 5.91 Å². The third-order valence-corrected chi connectivity index (χ3v) is 4.71. The Kier molecular flexibility index (Phi) is 4.42. The zero-order valence-corrected chi connectivity index (χ0v) is 14.9. The molecule has 5 nitrogen and oxygen atoms in total. The molecule has 0 aromatic heterocycles. The van der Waals surface area contributed by atoms with Crippen LogP contribution >= 0.6 is 0 Å². The number of hydrogen-bond donors (Lipinski definition) is 2. The average Bonchev–Trinajstić information content (AvgIpc) is 2.68. The number of fused-ring (bicyclic) bond motifs is 1. The molecule has 1 atom stereocenters. The monoisotopic (exact) mass is 357 g/mol. The number of hydrazone groups is 1. The second kappa shape index (κ2) is 7.03. The van der Waals surface area contributed by atoms with Crippen LogP contribution in [-0.2, 0) is 4.79 Å². The Bertz CT molecular complexity index is 1050. The summed E-state index contributed by atoms with van der Waals surface area (Å²) in [5.74, 6) is -0.183. The quantitative estimate of drug-likeness (QED) is 0.745. The first-order chi connectivity index (χ1) is 13.1. The van der Waals surface area contributed by atoms with Crippen LogP contribution in [0.25, 0.3) is 10.8 Å². The number of carbonyl (C=O) groups is 2. The van der Waals surface area contributed by atoms with Crippen LogP contribution in [0.4, 0.5) is 5.69 Å². The normalized spacial score (nSPS) is 16.6.